The number of amides is 2. The second-order valence-electron chi connectivity index (χ2n) is 4.63. The van der Waals surface area contributed by atoms with Crippen LogP contribution in [0.25, 0.3) is 6.08 Å². The van der Waals surface area contributed by atoms with Crippen LogP contribution in [-0.4, -0.2) is 17.6 Å². The number of thioether (sulfide) groups is 1. The molecule has 2 rings (SSSR count). The summed E-state index contributed by atoms with van der Waals surface area (Å²) in [5.41, 5.74) is 6.31. The normalized spacial score (nSPS) is 10.7. The highest BCUT2D eigenvalue weighted by molar-refractivity contribution is 8.00. The third-order valence-corrected chi connectivity index (χ3v) is 3.89. The van der Waals surface area contributed by atoms with Crippen LogP contribution in [0.4, 0.5) is 10.1 Å². The van der Waals surface area contributed by atoms with Gasteiger partial charge in [-0.25, -0.2) is 4.39 Å². The average molecular weight is 330 g/mol. The first kappa shape index (κ1) is 16.8. The van der Waals surface area contributed by atoms with E-state index in [4.69, 9.17) is 5.73 Å². The number of primary amides is 1. The highest BCUT2D eigenvalue weighted by Crippen LogP contribution is 2.26. The molecule has 0 aliphatic carbocycles. The van der Waals surface area contributed by atoms with Gasteiger partial charge in [0.1, 0.15) is 5.82 Å². The van der Waals surface area contributed by atoms with Crippen LogP contribution in [0.5, 0.6) is 0 Å². The van der Waals surface area contributed by atoms with E-state index in [1.165, 1.54) is 36.0 Å². The molecule has 0 bridgehead atoms. The molecule has 2 aromatic carbocycles. The Labute approximate surface area is 137 Å². The van der Waals surface area contributed by atoms with E-state index in [-0.39, 0.29) is 17.5 Å². The summed E-state index contributed by atoms with van der Waals surface area (Å²) < 4.78 is 13.1. The molecule has 0 heterocycles. The number of nitrogens with two attached hydrogens (primary N) is 1. The molecule has 0 spiro atoms. The molecule has 0 unspecified atom stereocenters. The highest BCUT2D eigenvalue weighted by atomic mass is 32.2. The summed E-state index contributed by atoms with van der Waals surface area (Å²) >= 11 is 1.25. The Hall–Kier alpha value is -2.60. The minimum absolute atomic E-state index is 0.131. The number of halogens is 1. The fraction of sp³-hybridized carbons (Fsp3) is 0.0588. The van der Waals surface area contributed by atoms with Gasteiger partial charge in [0.25, 0.3) is 0 Å². The molecular weight excluding hydrogens is 315 g/mol. The van der Waals surface area contributed by atoms with Crippen molar-refractivity contribution in [1.29, 1.82) is 0 Å². The minimum atomic E-state index is -0.429. The van der Waals surface area contributed by atoms with Gasteiger partial charge >= 0.3 is 0 Å². The Morgan fingerprint density at radius 1 is 1.17 bits per heavy atom. The lowest BCUT2D eigenvalue weighted by Gasteiger charge is -2.08. The molecule has 0 aliphatic heterocycles. The smallest absolute Gasteiger partial charge is 0.248 e. The van der Waals surface area contributed by atoms with E-state index in [1.54, 1.807) is 30.3 Å². The van der Waals surface area contributed by atoms with E-state index < -0.39 is 5.91 Å². The highest BCUT2D eigenvalue weighted by Gasteiger charge is 2.06. The topological polar surface area (TPSA) is 72.2 Å². The first-order valence-electron chi connectivity index (χ1n) is 6.79. The molecule has 118 valence electrons. The molecule has 0 saturated carbocycles. The van der Waals surface area contributed by atoms with Crippen molar-refractivity contribution < 1.29 is 14.0 Å². The van der Waals surface area contributed by atoms with Gasteiger partial charge in [0.15, 0.2) is 0 Å². The van der Waals surface area contributed by atoms with E-state index in [0.29, 0.717) is 11.3 Å². The van der Waals surface area contributed by atoms with Crippen molar-refractivity contribution in [3.8, 4) is 0 Å². The third-order valence-electron chi connectivity index (χ3n) is 2.79. The lowest BCUT2D eigenvalue weighted by molar-refractivity contribution is -0.115. The molecule has 0 atom stereocenters. The fourth-order valence-electron chi connectivity index (χ4n) is 1.80. The number of para-hydroxylation sites is 1. The molecule has 23 heavy (non-hydrogen) atoms. The largest absolute Gasteiger partial charge is 0.369 e. The van der Waals surface area contributed by atoms with Gasteiger partial charge in [0.2, 0.25) is 11.8 Å². The maximum absolute atomic E-state index is 13.1. The van der Waals surface area contributed by atoms with E-state index in [2.05, 4.69) is 5.32 Å². The van der Waals surface area contributed by atoms with Crippen LogP contribution < -0.4 is 11.1 Å². The van der Waals surface area contributed by atoms with Crippen molar-refractivity contribution >= 4 is 35.3 Å². The fourth-order valence-corrected chi connectivity index (χ4v) is 2.55. The van der Waals surface area contributed by atoms with Crippen LogP contribution in [0, 0.1) is 5.82 Å². The van der Waals surface area contributed by atoms with Crippen LogP contribution in [0.1, 0.15) is 5.56 Å². The number of anilines is 1. The lowest BCUT2D eigenvalue weighted by atomic mass is 10.2. The molecule has 2 aromatic rings. The maximum Gasteiger partial charge on any atom is 0.248 e. The first-order valence-corrected chi connectivity index (χ1v) is 7.78. The second-order valence-corrected chi connectivity index (χ2v) is 5.65. The Kier molecular flexibility index (Phi) is 5.94. The SMILES string of the molecule is NC(=O)CSc1ccccc1NC(=O)/C=C/c1cccc(F)c1. The second kappa shape index (κ2) is 8.14. The van der Waals surface area contributed by atoms with E-state index in [1.807, 2.05) is 6.07 Å². The molecule has 0 saturated heterocycles. The standard InChI is InChI=1S/C17H15FN2O2S/c18-13-5-3-4-12(10-13)8-9-17(22)20-14-6-1-2-7-15(14)23-11-16(19)21/h1-10H,11H2,(H2,19,21)(H,20,22)/b9-8+. The van der Waals surface area contributed by atoms with Crippen LogP contribution in [0.3, 0.4) is 0 Å². The summed E-state index contributed by atoms with van der Waals surface area (Å²) in [4.78, 5) is 23.6. The van der Waals surface area contributed by atoms with Crippen LogP contribution in [0.2, 0.25) is 0 Å². The molecule has 0 fully saturated rings. The number of hydrogen-bond acceptors (Lipinski definition) is 3. The molecule has 4 nitrogen and oxygen atoms in total. The number of benzene rings is 2. The summed E-state index contributed by atoms with van der Waals surface area (Å²) in [5.74, 6) is -1.00. The average Bonchev–Trinajstić information content (AvgIpc) is 2.52. The molecule has 2 amide bonds. The Morgan fingerprint density at radius 2 is 1.96 bits per heavy atom. The number of carbonyl (C=O) groups excluding carboxylic acids is 2. The van der Waals surface area contributed by atoms with Crippen molar-refractivity contribution in [1.82, 2.24) is 0 Å². The van der Waals surface area contributed by atoms with E-state index in [9.17, 15) is 14.0 Å². The van der Waals surface area contributed by atoms with Crippen molar-refractivity contribution in [2.45, 2.75) is 4.90 Å². The molecular formula is C17H15FN2O2S. The summed E-state index contributed by atoms with van der Waals surface area (Å²) in [5, 5.41) is 2.73. The van der Waals surface area contributed by atoms with Crippen LogP contribution in [-0.2, 0) is 9.59 Å². The first-order chi connectivity index (χ1) is 11.0. The third kappa shape index (κ3) is 5.60. The summed E-state index contributed by atoms with van der Waals surface area (Å²) in [6.07, 6.45) is 2.85. The Bertz CT molecular complexity index is 747. The van der Waals surface area contributed by atoms with Gasteiger partial charge in [-0.3, -0.25) is 9.59 Å². The van der Waals surface area contributed by atoms with Gasteiger partial charge in [0.05, 0.1) is 11.4 Å². The van der Waals surface area contributed by atoms with Crippen LogP contribution in [0.15, 0.2) is 59.5 Å². The van der Waals surface area contributed by atoms with Gasteiger partial charge in [0, 0.05) is 11.0 Å². The van der Waals surface area contributed by atoms with Crippen molar-refractivity contribution in [3.05, 3.63) is 66.0 Å². The summed E-state index contributed by atoms with van der Waals surface area (Å²) in [6.45, 7) is 0. The van der Waals surface area contributed by atoms with Gasteiger partial charge < -0.3 is 11.1 Å². The van der Waals surface area contributed by atoms with Gasteiger partial charge in [-0.2, -0.15) is 0 Å². The monoisotopic (exact) mass is 330 g/mol. The van der Waals surface area contributed by atoms with Gasteiger partial charge in [-0.05, 0) is 35.9 Å². The van der Waals surface area contributed by atoms with Crippen LogP contribution >= 0.6 is 11.8 Å². The minimum Gasteiger partial charge on any atom is -0.369 e. The van der Waals surface area contributed by atoms with Gasteiger partial charge in [-0.15, -0.1) is 11.8 Å². The zero-order valence-electron chi connectivity index (χ0n) is 12.2. The van der Waals surface area contributed by atoms with E-state index in [0.717, 1.165) is 4.90 Å². The lowest BCUT2D eigenvalue weighted by Crippen LogP contribution is -2.13. The van der Waals surface area contributed by atoms with Gasteiger partial charge in [-0.1, -0.05) is 24.3 Å². The van der Waals surface area contributed by atoms with Crippen molar-refractivity contribution in [2.75, 3.05) is 11.1 Å². The predicted octanol–water partition coefficient (Wildman–Crippen LogP) is 3.06. The molecule has 6 heteroatoms. The molecule has 0 aromatic heterocycles. The van der Waals surface area contributed by atoms with E-state index >= 15 is 0 Å². The van der Waals surface area contributed by atoms with Crippen molar-refractivity contribution in [3.63, 3.8) is 0 Å². The number of rotatable bonds is 6. The zero-order chi connectivity index (χ0) is 16.7. The summed E-state index contributed by atoms with van der Waals surface area (Å²) in [7, 11) is 0. The molecule has 0 aliphatic rings. The zero-order valence-corrected chi connectivity index (χ0v) is 13.0. The maximum atomic E-state index is 13.1. The Morgan fingerprint density at radius 3 is 2.70 bits per heavy atom. The molecule has 3 N–H and O–H groups in total. The number of carbonyl (C=O) groups is 2. The Balaban J connectivity index is 2.04. The number of nitrogens with one attached hydrogen (secondary N) is 1. The quantitative estimate of drug-likeness (QED) is 0.631. The number of hydrogen-bond donors (Lipinski definition) is 2. The van der Waals surface area contributed by atoms with Crippen molar-refractivity contribution in [2.24, 2.45) is 5.73 Å². The summed E-state index contributed by atoms with van der Waals surface area (Å²) in [6, 6.07) is 13.1. The predicted molar refractivity (Wildman–Crippen MR) is 90.4 cm³/mol. The molecule has 0 radical (unpaired) electrons.